The van der Waals surface area contributed by atoms with E-state index in [1.54, 1.807) is 26.2 Å². The van der Waals surface area contributed by atoms with Gasteiger partial charge in [0.05, 0.1) is 34.0 Å². The van der Waals surface area contributed by atoms with Gasteiger partial charge >= 0.3 is 0 Å². The Morgan fingerprint density at radius 1 is 0.754 bits per heavy atom. The number of nitrogens with zero attached hydrogens (tertiary/aromatic N) is 6. The third-order valence-corrected chi connectivity index (χ3v) is 14.7. The molecule has 3 fully saturated rings. The average molecular weight is 931 g/mol. The van der Waals surface area contributed by atoms with Crippen LogP contribution in [0.3, 0.4) is 0 Å². The third-order valence-electron chi connectivity index (χ3n) is 12.6. The van der Waals surface area contributed by atoms with Crippen LogP contribution in [-0.4, -0.2) is 125 Å². The number of anilines is 2. The SMILES string of the molecule is CC[C@@H](C)Nc1cc(C)c(-c2sc(C(=O)N[C@@H](C)[C@@H](C)O)nc2C(=O)N2CCC[C@@H]2C)cn1.CC[C@@H](C)Nc1cc(C)c(-c2sc(C(=O)N[C@@H]3C[C@H]3O)nc2C(=O)N2CCC[C@@H]2C)cn1. The predicted octanol–water partition coefficient (Wildman–Crippen LogP) is 7.06. The molecule has 7 rings (SSSR count). The zero-order valence-corrected chi connectivity index (χ0v) is 41.0. The zero-order valence-electron chi connectivity index (χ0n) is 39.3. The summed E-state index contributed by atoms with van der Waals surface area (Å²) in [5.74, 6) is 0.505. The van der Waals surface area contributed by atoms with Crippen LogP contribution in [0.15, 0.2) is 24.5 Å². The van der Waals surface area contributed by atoms with Crippen LogP contribution in [0.1, 0.15) is 152 Å². The lowest BCUT2D eigenvalue weighted by atomic mass is 10.1. The number of aliphatic hydroxyl groups is 2. The maximum atomic E-state index is 13.4. The Balaban J connectivity index is 0.000000215. The van der Waals surface area contributed by atoms with E-state index in [1.807, 2.05) is 49.6 Å². The first-order valence-corrected chi connectivity index (χ1v) is 24.6. The molecule has 4 aromatic rings. The lowest BCUT2D eigenvalue weighted by Crippen LogP contribution is -2.39. The van der Waals surface area contributed by atoms with Gasteiger partial charge in [0.15, 0.2) is 10.0 Å². The van der Waals surface area contributed by atoms with E-state index in [-0.39, 0.29) is 51.6 Å². The number of hydrogen-bond donors (Lipinski definition) is 6. The van der Waals surface area contributed by atoms with Crippen molar-refractivity contribution in [1.29, 1.82) is 0 Å². The number of pyridine rings is 2. The molecule has 18 heteroatoms. The number of amides is 4. The number of thiazole rings is 2. The van der Waals surface area contributed by atoms with Crippen molar-refractivity contribution in [1.82, 2.24) is 40.4 Å². The first-order chi connectivity index (χ1) is 30.9. The highest BCUT2D eigenvalue weighted by Crippen LogP contribution is 2.37. The van der Waals surface area contributed by atoms with Gasteiger partial charge in [-0.25, -0.2) is 19.9 Å². The summed E-state index contributed by atoms with van der Waals surface area (Å²) < 4.78 is 0. The number of rotatable bonds is 15. The molecule has 6 N–H and O–H groups in total. The van der Waals surface area contributed by atoms with Gasteiger partial charge in [0.2, 0.25) is 0 Å². The molecule has 0 aromatic carbocycles. The Morgan fingerprint density at radius 3 is 1.54 bits per heavy atom. The monoisotopic (exact) mass is 930 g/mol. The molecule has 0 unspecified atom stereocenters. The number of likely N-dealkylation sites (tertiary alicyclic amines) is 2. The van der Waals surface area contributed by atoms with E-state index in [4.69, 9.17) is 0 Å². The Morgan fingerprint density at radius 2 is 1.18 bits per heavy atom. The fraction of sp³-hybridized carbons (Fsp3) is 0.574. The van der Waals surface area contributed by atoms with Gasteiger partial charge in [-0.3, -0.25) is 19.2 Å². The van der Waals surface area contributed by atoms with Gasteiger partial charge in [-0.15, -0.1) is 22.7 Å². The van der Waals surface area contributed by atoms with Gasteiger partial charge in [-0.2, -0.15) is 0 Å². The fourth-order valence-corrected chi connectivity index (χ4v) is 9.71. The second kappa shape index (κ2) is 21.5. The molecule has 0 spiro atoms. The van der Waals surface area contributed by atoms with Crippen LogP contribution in [0.2, 0.25) is 0 Å². The summed E-state index contributed by atoms with van der Waals surface area (Å²) >= 11 is 2.39. The van der Waals surface area contributed by atoms with Crippen LogP contribution in [0.4, 0.5) is 11.6 Å². The molecule has 0 bridgehead atoms. The largest absolute Gasteiger partial charge is 0.391 e. The first kappa shape index (κ1) is 49.4. The van der Waals surface area contributed by atoms with Crippen molar-refractivity contribution in [2.45, 2.75) is 163 Å². The van der Waals surface area contributed by atoms with Crippen molar-refractivity contribution < 1.29 is 29.4 Å². The summed E-state index contributed by atoms with van der Waals surface area (Å²) in [4.78, 5) is 75.5. The molecule has 65 heavy (non-hydrogen) atoms. The molecule has 4 aromatic heterocycles. The summed E-state index contributed by atoms with van der Waals surface area (Å²) in [7, 11) is 0. The number of nitrogens with one attached hydrogen (secondary N) is 4. The first-order valence-electron chi connectivity index (χ1n) is 23.0. The summed E-state index contributed by atoms with van der Waals surface area (Å²) in [6.45, 7) is 21.2. The second-order valence-corrected chi connectivity index (χ2v) is 19.9. The highest BCUT2D eigenvalue weighted by molar-refractivity contribution is 7.17. The van der Waals surface area contributed by atoms with E-state index in [0.717, 1.165) is 72.4 Å². The van der Waals surface area contributed by atoms with Crippen molar-refractivity contribution in [2.24, 2.45) is 0 Å². The average Bonchev–Trinajstić information content (AvgIpc) is 3.83. The van der Waals surface area contributed by atoms with Crippen molar-refractivity contribution in [3.8, 4) is 20.9 Å². The molecular weight excluding hydrogens is 865 g/mol. The number of aryl methyl sites for hydroxylation is 2. The molecule has 2 saturated heterocycles. The van der Waals surface area contributed by atoms with Crippen LogP contribution in [0, 0.1) is 13.8 Å². The van der Waals surface area contributed by atoms with E-state index in [2.05, 4.69) is 68.9 Å². The van der Waals surface area contributed by atoms with Crippen LogP contribution >= 0.6 is 22.7 Å². The Labute approximate surface area is 390 Å². The van der Waals surface area contributed by atoms with Gasteiger partial charge in [-0.05, 0) is 124 Å². The maximum absolute atomic E-state index is 13.4. The van der Waals surface area contributed by atoms with Crippen LogP contribution in [0.5, 0.6) is 0 Å². The smallest absolute Gasteiger partial charge is 0.280 e. The molecule has 1 saturated carbocycles. The van der Waals surface area contributed by atoms with Crippen molar-refractivity contribution in [3.05, 3.63) is 57.1 Å². The molecule has 2 aliphatic heterocycles. The highest BCUT2D eigenvalue weighted by Gasteiger charge is 2.38. The number of carbonyl (C=O) groups excluding carboxylic acids is 4. The molecule has 1 aliphatic carbocycles. The Kier molecular flexibility index (Phi) is 16.3. The molecule has 4 amide bonds. The van der Waals surface area contributed by atoms with Gasteiger partial charge in [0.25, 0.3) is 23.6 Å². The van der Waals surface area contributed by atoms with Gasteiger partial charge in [0.1, 0.15) is 23.0 Å². The zero-order chi connectivity index (χ0) is 47.3. The number of aromatic nitrogens is 4. The minimum atomic E-state index is -0.697. The summed E-state index contributed by atoms with van der Waals surface area (Å²) in [5, 5.41) is 32.0. The lowest BCUT2D eigenvalue weighted by molar-refractivity contribution is 0.0734. The number of carbonyl (C=O) groups is 4. The minimum absolute atomic E-state index is 0.140. The summed E-state index contributed by atoms with van der Waals surface area (Å²) in [6.07, 6.45) is 8.68. The van der Waals surface area contributed by atoms with Crippen LogP contribution < -0.4 is 21.3 Å². The molecule has 16 nitrogen and oxygen atoms in total. The molecule has 3 aliphatic rings. The van der Waals surface area contributed by atoms with E-state index in [9.17, 15) is 29.4 Å². The van der Waals surface area contributed by atoms with E-state index < -0.39 is 24.2 Å². The predicted molar refractivity (Wildman–Crippen MR) is 257 cm³/mol. The fourth-order valence-electron chi connectivity index (χ4n) is 7.64. The number of hydrogen-bond acceptors (Lipinski definition) is 14. The Hall–Kier alpha value is -5.04. The molecular formula is C47H66N10O6S2. The normalized spacial score (nSPS) is 20.9. The molecule has 8 atom stereocenters. The van der Waals surface area contributed by atoms with Gasteiger partial charge in [-0.1, -0.05) is 13.8 Å². The van der Waals surface area contributed by atoms with Crippen molar-refractivity contribution in [2.75, 3.05) is 23.7 Å². The van der Waals surface area contributed by atoms with E-state index in [0.29, 0.717) is 47.0 Å². The van der Waals surface area contributed by atoms with Crippen LogP contribution in [0.25, 0.3) is 20.9 Å². The van der Waals surface area contributed by atoms with Crippen molar-refractivity contribution >= 4 is 57.9 Å². The summed E-state index contributed by atoms with van der Waals surface area (Å²) in [6, 6.07) is 4.15. The standard InChI is InChI=1S/C24H35N5O3S.C23H31N5O3S/c1-7-14(3)26-19-11-13(2)18(12-25-19)21-20(24(32)29-10-8-9-15(29)4)28-23(33-21)22(31)27-16(5)17(6)30;1-5-13(3)25-18-9-12(2)15(11-24-18)20-19(23(31)28-8-6-7-14(28)4)27-22(32-20)21(30)26-16-10-17(16)29/h11-12,14-17,30H,7-10H2,1-6H3,(H,25,26)(H,27,31);9,11,13-14,16-17,29H,5-8,10H2,1-4H3,(H,24,25)(H,26,30)/t14-,15+,16+,17-;13-,14+,16-,17-/m11/s1. The van der Waals surface area contributed by atoms with Crippen molar-refractivity contribution in [3.63, 3.8) is 0 Å². The second-order valence-electron chi connectivity index (χ2n) is 17.9. The van der Waals surface area contributed by atoms with Gasteiger partial charge < -0.3 is 41.3 Å². The highest BCUT2D eigenvalue weighted by atomic mass is 32.1. The van der Waals surface area contributed by atoms with Crippen LogP contribution in [-0.2, 0) is 0 Å². The lowest BCUT2D eigenvalue weighted by Gasteiger charge is -2.21. The quantitative estimate of drug-likeness (QED) is 0.0707. The maximum Gasteiger partial charge on any atom is 0.280 e. The Bertz CT molecular complexity index is 2350. The topological polar surface area (TPSA) is 215 Å². The molecule has 6 heterocycles. The van der Waals surface area contributed by atoms with E-state index in [1.165, 1.54) is 22.7 Å². The molecule has 0 radical (unpaired) electrons. The third kappa shape index (κ3) is 11.9. The molecule has 352 valence electrons. The van der Waals surface area contributed by atoms with Gasteiger partial charge in [0, 0.05) is 60.8 Å². The summed E-state index contributed by atoms with van der Waals surface area (Å²) in [5.41, 5.74) is 4.10. The van der Waals surface area contributed by atoms with E-state index >= 15 is 0 Å². The minimum Gasteiger partial charge on any atom is -0.391 e. The number of aliphatic hydroxyl groups excluding tert-OH is 2.